The minimum absolute atomic E-state index is 0.0581. The lowest BCUT2D eigenvalue weighted by Crippen LogP contribution is -2.39. The van der Waals surface area contributed by atoms with Gasteiger partial charge in [-0.25, -0.2) is 0 Å². The molecule has 17 heavy (non-hydrogen) atoms. The summed E-state index contributed by atoms with van der Waals surface area (Å²) in [4.78, 5) is 14.6. The highest BCUT2D eigenvalue weighted by Gasteiger charge is 2.44. The van der Waals surface area contributed by atoms with E-state index in [0.717, 1.165) is 43.5 Å². The normalized spacial score (nSPS) is 34.4. The summed E-state index contributed by atoms with van der Waals surface area (Å²) in [5.41, 5.74) is 2.32. The quantitative estimate of drug-likeness (QED) is 0.792. The molecular weight excluding hydrogens is 214 g/mol. The zero-order chi connectivity index (χ0) is 11.4. The van der Waals surface area contributed by atoms with E-state index in [1.165, 1.54) is 18.4 Å². The van der Waals surface area contributed by atoms with E-state index in [1.54, 1.807) is 0 Å². The van der Waals surface area contributed by atoms with Crippen LogP contribution in [0.25, 0.3) is 0 Å². The largest absolute Gasteiger partial charge is 0.342 e. The molecule has 0 aromatic carbocycles. The average Bonchev–Trinajstić information content (AvgIpc) is 2.77. The van der Waals surface area contributed by atoms with Crippen molar-refractivity contribution < 1.29 is 4.79 Å². The fraction of sp³-hybridized carbons (Fsp3) is 0.692. The van der Waals surface area contributed by atoms with E-state index in [4.69, 9.17) is 0 Å². The van der Waals surface area contributed by atoms with Gasteiger partial charge in [-0.3, -0.25) is 9.89 Å². The molecule has 1 saturated carbocycles. The van der Waals surface area contributed by atoms with Gasteiger partial charge in [0.1, 0.15) is 0 Å². The van der Waals surface area contributed by atoms with Crippen molar-refractivity contribution in [2.75, 3.05) is 13.1 Å². The number of aromatic nitrogens is 2. The second kappa shape index (κ2) is 3.34. The Bertz CT molecular complexity index is 467. The van der Waals surface area contributed by atoms with Gasteiger partial charge in [0.15, 0.2) is 0 Å². The number of likely N-dealkylation sites (tertiary alicyclic amines) is 1. The van der Waals surface area contributed by atoms with Gasteiger partial charge in [-0.05, 0) is 43.1 Å². The minimum Gasteiger partial charge on any atom is -0.342 e. The highest BCUT2D eigenvalue weighted by Crippen LogP contribution is 2.45. The van der Waals surface area contributed by atoms with Crippen molar-refractivity contribution in [3.8, 4) is 0 Å². The molecule has 4 heteroatoms. The summed E-state index contributed by atoms with van der Waals surface area (Å²) in [6.45, 7) is 1.98. The molecule has 1 aliphatic heterocycles. The predicted molar refractivity (Wildman–Crippen MR) is 62.4 cm³/mol. The Hall–Kier alpha value is -1.32. The number of carbonyl (C=O) groups excluding carboxylic acids is 1. The first-order valence-electron chi connectivity index (χ1n) is 6.64. The average molecular weight is 231 g/mol. The number of piperidine rings is 1. The van der Waals surface area contributed by atoms with Crippen LogP contribution in [0.15, 0.2) is 6.20 Å². The van der Waals surface area contributed by atoms with Crippen LogP contribution in [0, 0.1) is 11.8 Å². The van der Waals surface area contributed by atoms with Crippen molar-refractivity contribution in [1.82, 2.24) is 15.1 Å². The van der Waals surface area contributed by atoms with Crippen LogP contribution in [0.3, 0.4) is 0 Å². The zero-order valence-electron chi connectivity index (χ0n) is 9.85. The van der Waals surface area contributed by atoms with Crippen LogP contribution in [0.4, 0.5) is 0 Å². The molecule has 1 saturated heterocycles. The number of aryl methyl sites for hydroxylation is 1. The molecule has 0 spiro atoms. The number of carbonyl (C=O) groups is 1. The second-order valence-corrected chi connectivity index (χ2v) is 5.73. The molecule has 90 valence electrons. The van der Waals surface area contributed by atoms with E-state index in [0.29, 0.717) is 5.91 Å². The van der Waals surface area contributed by atoms with Gasteiger partial charge in [0.2, 0.25) is 5.91 Å². The van der Waals surface area contributed by atoms with Crippen molar-refractivity contribution in [2.24, 2.45) is 11.8 Å². The smallest absolute Gasteiger partial charge is 0.231 e. The number of nitrogens with zero attached hydrogens (tertiary/aromatic N) is 2. The Labute approximate surface area is 100 Å². The highest BCUT2D eigenvalue weighted by atomic mass is 16.2. The maximum Gasteiger partial charge on any atom is 0.231 e. The van der Waals surface area contributed by atoms with Crippen molar-refractivity contribution in [3.63, 3.8) is 0 Å². The van der Waals surface area contributed by atoms with Crippen LogP contribution in [0.5, 0.6) is 0 Å². The first-order valence-corrected chi connectivity index (χ1v) is 6.64. The molecule has 3 aliphatic rings. The van der Waals surface area contributed by atoms with Gasteiger partial charge < -0.3 is 4.90 Å². The number of nitrogens with one attached hydrogen (secondary N) is 1. The summed E-state index contributed by atoms with van der Waals surface area (Å²) >= 11 is 0. The van der Waals surface area contributed by atoms with Gasteiger partial charge in [-0.15, -0.1) is 0 Å². The van der Waals surface area contributed by atoms with Crippen molar-refractivity contribution in [3.05, 3.63) is 17.5 Å². The van der Waals surface area contributed by atoms with Gasteiger partial charge in [-0.1, -0.05) is 0 Å². The lowest BCUT2D eigenvalue weighted by Gasteiger charge is -2.28. The molecule has 2 heterocycles. The van der Waals surface area contributed by atoms with Gasteiger partial charge in [0, 0.05) is 13.1 Å². The van der Waals surface area contributed by atoms with Crippen LogP contribution in [0.1, 0.15) is 36.4 Å². The van der Waals surface area contributed by atoms with Crippen LogP contribution >= 0.6 is 0 Å². The number of amides is 1. The van der Waals surface area contributed by atoms with E-state index in [-0.39, 0.29) is 5.92 Å². The number of rotatable bonds is 1. The maximum atomic E-state index is 12.5. The zero-order valence-corrected chi connectivity index (χ0v) is 9.85. The number of aromatic amines is 1. The van der Waals surface area contributed by atoms with E-state index >= 15 is 0 Å². The van der Waals surface area contributed by atoms with Gasteiger partial charge >= 0.3 is 0 Å². The molecule has 2 fully saturated rings. The van der Waals surface area contributed by atoms with Crippen molar-refractivity contribution >= 4 is 5.91 Å². The summed E-state index contributed by atoms with van der Waals surface area (Å²) < 4.78 is 0. The van der Waals surface area contributed by atoms with Gasteiger partial charge in [0.05, 0.1) is 17.8 Å². The van der Waals surface area contributed by atoms with E-state index in [9.17, 15) is 4.79 Å². The molecule has 3 atom stereocenters. The minimum atomic E-state index is 0.0581. The Kier molecular flexibility index (Phi) is 1.90. The standard InChI is InChI=1S/C13H17N3O/c17-13(16-4-3-8-5-10(8)7-16)11-2-1-9-6-14-15-12(9)11/h6,8,10-11H,1-5,7H2,(H,14,15). The summed E-state index contributed by atoms with van der Waals surface area (Å²) in [6.07, 6.45) is 6.41. The first-order chi connectivity index (χ1) is 8.33. The van der Waals surface area contributed by atoms with Crippen LogP contribution in [0.2, 0.25) is 0 Å². The number of hydrogen-bond acceptors (Lipinski definition) is 2. The first kappa shape index (κ1) is 9.68. The molecule has 3 unspecified atom stereocenters. The van der Waals surface area contributed by atoms with Gasteiger partial charge in [0.25, 0.3) is 0 Å². The number of H-pyrrole nitrogens is 1. The third-order valence-corrected chi connectivity index (χ3v) is 4.71. The van der Waals surface area contributed by atoms with E-state index in [1.807, 2.05) is 6.20 Å². The molecule has 2 aliphatic carbocycles. The molecule has 4 nitrogen and oxygen atoms in total. The molecule has 4 rings (SSSR count). The fourth-order valence-electron chi connectivity index (χ4n) is 3.52. The molecule has 1 amide bonds. The molecule has 0 bridgehead atoms. The molecule has 1 aromatic heterocycles. The summed E-state index contributed by atoms with van der Waals surface area (Å²) in [5, 5.41) is 7.06. The van der Waals surface area contributed by atoms with Crippen LogP contribution in [-0.4, -0.2) is 34.1 Å². The summed E-state index contributed by atoms with van der Waals surface area (Å²) in [5.74, 6) is 2.14. The highest BCUT2D eigenvalue weighted by molar-refractivity contribution is 5.84. The number of hydrogen-bond donors (Lipinski definition) is 1. The lowest BCUT2D eigenvalue weighted by atomic mass is 10.0. The predicted octanol–water partition coefficient (Wildman–Crippen LogP) is 1.31. The monoisotopic (exact) mass is 231 g/mol. The number of fused-ring (bicyclic) bond motifs is 2. The van der Waals surface area contributed by atoms with E-state index in [2.05, 4.69) is 15.1 Å². The topological polar surface area (TPSA) is 49.0 Å². The van der Waals surface area contributed by atoms with Crippen LogP contribution < -0.4 is 0 Å². The lowest BCUT2D eigenvalue weighted by molar-refractivity contribution is -0.134. The molecule has 1 N–H and O–H groups in total. The molecular formula is C13H17N3O. The maximum absolute atomic E-state index is 12.5. The summed E-state index contributed by atoms with van der Waals surface area (Å²) in [6, 6.07) is 0. The fourth-order valence-corrected chi connectivity index (χ4v) is 3.52. The van der Waals surface area contributed by atoms with Crippen LogP contribution in [-0.2, 0) is 11.2 Å². The van der Waals surface area contributed by atoms with Crippen molar-refractivity contribution in [1.29, 1.82) is 0 Å². The molecule has 1 aromatic rings. The Morgan fingerprint density at radius 3 is 3.24 bits per heavy atom. The Morgan fingerprint density at radius 1 is 1.41 bits per heavy atom. The second-order valence-electron chi connectivity index (χ2n) is 5.73. The Morgan fingerprint density at radius 2 is 2.35 bits per heavy atom. The van der Waals surface area contributed by atoms with Crippen molar-refractivity contribution in [2.45, 2.75) is 31.6 Å². The molecule has 0 radical (unpaired) electrons. The van der Waals surface area contributed by atoms with Gasteiger partial charge in [-0.2, -0.15) is 5.10 Å². The third kappa shape index (κ3) is 1.43. The SMILES string of the molecule is O=C(C1CCc2cn[nH]c21)N1CCC2CC2C1. The third-order valence-electron chi connectivity index (χ3n) is 4.71. The van der Waals surface area contributed by atoms with E-state index < -0.39 is 0 Å². The Balaban J connectivity index is 1.53. The summed E-state index contributed by atoms with van der Waals surface area (Å²) in [7, 11) is 0.